The van der Waals surface area contributed by atoms with Crippen LogP contribution in [0.2, 0.25) is 0 Å². The molecule has 37 heavy (non-hydrogen) atoms. The van der Waals surface area contributed by atoms with Gasteiger partial charge in [0.25, 0.3) is 0 Å². The molecule has 4 rings (SSSR count). The van der Waals surface area contributed by atoms with Crippen LogP contribution in [0.25, 0.3) is 0 Å². The minimum atomic E-state index is 0.417. The Balaban J connectivity index is 0.000000409. The topological polar surface area (TPSA) is 20.3 Å². The molecule has 3 unspecified atom stereocenters. The van der Waals surface area contributed by atoms with Gasteiger partial charge in [0.1, 0.15) is 6.29 Å². The predicted molar refractivity (Wildman–Crippen MR) is 163 cm³/mol. The zero-order chi connectivity index (χ0) is 28.0. The van der Waals surface area contributed by atoms with Crippen molar-refractivity contribution in [2.45, 2.75) is 113 Å². The molecule has 2 fully saturated rings. The second-order valence-corrected chi connectivity index (χ2v) is 11.0. The lowest BCUT2D eigenvalue weighted by atomic mass is 9.56. The zero-order valence-corrected chi connectivity index (χ0v) is 25.9. The van der Waals surface area contributed by atoms with E-state index in [0.717, 1.165) is 31.0 Å². The van der Waals surface area contributed by atoms with Crippen molar-refractivity contribution in [1.82, 2.24) is 4.90 Å². The number of carbonyl (C=O) groups excluding carboxylic acids is 1. The summed E-state index contributed by atoms with van der Waals surface area (Å²) in [5, 5.41) is 0. The average molecular weight is 508 g/mol. The Hall–Kier alpha value is -2.01. The molecule has 0 aliphatic heterocycles. The van der Waals surface area contributed by atoms with Crippen LogP contribution in [0, 0.1) is 40.9 Å². The van der Waals surface area contributed by atoms with E-state index in [0.29, 0.717) is 17.3 Å². The van der Waals surface area contributed by atoms with Gasteiger partial charge < -0.3 is 4.90 Å². The SMILES string of the molecule is CC.CC.CC#C[C@@H]1CC[C@H]2C3CC/C(=C/C=O)C(CCC)=C3CCC12C.CC1C=CC=C(N(C)C)C1. The van der Waals surface area contributed by atoms with Crippen LogP contribution >= 0.6 is 0 Å². The second kappa shape index (κ2) is 16.8. The number of allylic oxidation sites excluding steroid dienone is 8. The highest BCUT2D eigenvalue weighted by atomic mass is 16.1. The summed E-state index contributed by atoms with van der Waals surface area (Å²) in [6, 6.07) is 0. The molecule has 0 aromatic rings. The summed E-state index contributed by atoms with van der Waals surface area (Å²) in [5.41, 5.74) is 6.43. The average Bonchev–Trinajstić information content (AvgIpc) is 3.25. The number of hydrogen-bond acceptors (Lipinski definition) is 2. The highest BCUT2D eigenvalue weighted by molar-refractivity contribution is 5.68. The summed E-state index contributed by atoms with van der Waals surface area (Å²) < 4.78 is 0. The Morgan fingerprint density at radius 1 is 1.11 bits per heavy atom. The molecule has 0 bridgehead atoms. The molecule has 0 radical (unpaired) electrons. The largest absolute Gasteiger partial charge is 0.381 e. The van der Waals surface area contributed by atoms with Crippen molar-refractivity contribution in [2.24, 2.45) is 29.1 Å². The molecular weight excluding hydrogens is 450 g/mol. The summed E-state index contributed by atoms with van der Waals surface area (Å²) in [4.78, 5) is 13.2. The standard InChI is InChI=1S/C22H30O.C9H15N.2C2H6/c1-4-6-17-9-11-21-20-10-8-16(13-15-23)18(7-5-2)19(20)12-14-22(17,21)3;1-8-5-4-6-9(7-8)10(2)3;2*1-2/h13,15,17,20-21H,5,7-12,14H2,1-3H3;4-6,8H,7H2,1-3H3;2*1-2H3/b16-13-;;;/t17-,20?,21+,22?;;;/m1.../s1. The van der Waals surface area contributed by atoms with Gasteiger partial charge in [0.2, 0.25) is 0 Å². The Bertz CT molecular complexity index is 890. The van der Waals surface area contributed by atoms with E-state index in [1.807, 2.05) is 40.7 Å². The highest BCUT2D eigenvalue weighted by Gasteiger charge is 2.52. The van der Waals surface area contributed by atoms with Crippen molar-refractivity contribution in [1.29, 1.82) is 0 Å². The molecule has 0 aromatic heterocycles. The van der Waals surface area contributed by atoms with Gasteiger partial charge in [-0.05, 0) is 105 Å². The van der Waals surface area contributed by atoms with Crippen LogP contribution < -0.4 is 0 Å². The Morgan fingerprint density at radius 2 is 1.81 bits per heavy atom. The first-order chi connectivity index (χ1) is 17.8. The molecule has 0 aromatic carbocycles. The molecule has 0 amide bonds. The molecule has 0 spiro atoms. The molecule has 0 saturated heterocycles. The molecule has 4 aliphatic rings. The maximum Gasteiger partial charge on any atom is 0.143 e. The van der Waals surface area contributed by atoms with Crippen molar-refractivity contribution in [3.05, 3.63) is 46.7 Å². The van der Waals surface area contributed by atoms with Gasteiger partial charge in [-0.1, -0.05) is 78.5 Å². The van der Waals surface area contributed by atoms with E-state index in [9.17, 15) is 4.79 Å². The smallest absolute Gasteiger partial charge is 0.143 e. The first-order valence-electron chi connectivity index (χ1n) is 15.2. The zero-order valence-electron chi connectivity index (χ0n) is 25.9. The van der Waals surface area contributed by atoms with Crippen LogP contribution in [0.1, 0.15) is 113 Å². The van der Waals surface area contributed by atoms with E-state index in [4.69, 9.17) is 0 Å². The summed E-state index contributed by atoms with van der Waals surface area (Å²) in [6.07, 6.45) is 20.4. The summed E-state index contributed by atoms with van der Waals surface area (Å²) in [5.74, 6) is 9.57. The van der Waals surface area contributed by atoms with Crippen LogP contribution in [0.15, 0.2) is 46.7 Å². The fourth-order valence-corrected chi connectivity index (χ4v) is 6.94. The summed E-state index contributed by atoms with van der Waals surface area (Å²) in [6.45, 7) is 17.0. The van der Waals surface area contributed by atoms with Gasteiger partial charge in [-0.15, -0.1) is 5.92 Å². The first kappa shape index (κ1) is 33.0. The van der Waals surface area contributed by atoms with Crippen molar-refractivity contribution in [3.8, 4) is 11.8 Å². The van der Waals surface area contributed by atoms with Crippen molar-refractivity contribution in [3.63, 3.8) is 0 Å². The summed E-state index contributed by atoms with van der Waals surface area (Å²) >= 11 is 0. The lowest BCUT2D eigenvalue weighted by Crippen LogP contribution is -2.39. The second-order valence-electron chi connectivity index (χ2n) is 11.0. The molecule has 5 atom stereocenters. The molecule has 2 saturated carbocycles. The quantitative estimate of drug-likeness (QED) is 0.214. The number of hydrogen-bond donors (Lipinski definition) is 0. The third kappa shape index (κ3) is 8.24. The third-order valence-electron chi connectivity index (χ3n) is 8.70. The van der Waals surface area contributed by atoms with Gasteiger partial charge in [0.05, 0.1) is 0 Å². The van der Waals surface area contributed by atoms with E-state index in [-0.39, 0.29) is 0 Å². The van der Waals surface area contributed by atoms with Gasteiger partial charge in [0, 0.05) is 25.7 Å². The molecule has 2 nitrogen and oxygen atoms in total. The van der Waals surface area contributed by atoms with Crippen LogP contribution in [0.4, 0.5) is 0 Å². The number of nitrogens with zero attached hydrogens (tertiary/aromatic N) is 1. The third-order valence-corrected chi connectivity index (χ3v) is 8.70. The van der Waals surface area contributed by atoms with Crippen molar-refractivity contribution in [2.75, 3.05) is 14.1 Å². The van der Waals surface area contributed by atoms with Gasteiger partial charge in [-0.3, -0.25) is 4.79 Å². The van der Waals surface area contributed by atoms with E-state index >= 15 is 0 Å². The molecule has 0 heterocycles. The van der Waals surface area contributed by atoms with E-state index < -0.39 is 0 Å². The molecule has 4 aliphatic carbocycles. The number of rotatable bonds is 4. The fraction of sp³-hybridized carbons (Fsp3) is 0.686. The van der Waals surface area contributed by atoms with Crippen molar-refractivity contribution >= 4 is 6.29 Å². The Morgan fingerprint density at radius 3 is 2.35 bits per heavy atom. The molecule has 2 heteroatoms. The van der Waals surface area contributed by atoms with Crippen LogP contribution in [0.5, 0.6) is 0 Å². The monoisotopic (exact) mass is 507 g/mol. The van der Waals surface area contributed by atoms with E-state index in [1.165, 1.54) is 56.2 Å². The van der Waals surface area contributed by atoms with Gasteiger partial charge in [-0.25, -0.2) is 0 Å². The van der Waals surface area contributed by atoms with Crippen LogP contribution in [-0.2, 0) is 4.79 Å². The lowest BCUT2D eigenvalue weighted by Gasteiger charge is -2.48. The summed E-state index contributed by atoms with van der Waals surface area (Å²) in [7, 11) is 4.19. The number of carbonyl (C=O) groups is 1. The van der Waals surface area contributed by atoms with Gasteiger partial charge >= 0.3 is 0 Å². The fourth-order valence-electron chi connectivity index (χ4n) is 6.94. The molecular formula is C35H57NO. The van der Waals surface area contributed by atoms with E-state index in [1.54, 1.807) is 11.1 Å². The van der Waals surface area contributed by atoms with Crippen LogP contribution in [0.3, 0.4) is 0 Å². The Labute approximate surface area is 230 Å². The normalized spacial score (nSPS) is 30.4. The van der Waals surface area contributed by atoms with Crippen molar-refractivity contribution < 1.29 is 4.79 Å². The van der Waals surface area contributed by atoms with E-state index in [2.05, 4.69) is 69.8 Å². The maximum atomic E-state index is 11.0. The predicted octanol–water partition coefficient (Wildman–Crippen LogP) is 9.55. The molecule has 208 valence electrons. The van der Waals surface area contributed by atoms with Gasteiger partial charge in [-0.2, -0.15) is 0 Å². The first-order valence-corrected chi connectivity index (χ1v) is 15.2. The maximum absolute atomic E-state index is 11.0. The minimum Gasteiger partial charge on any atom is -0.381 e. The molecule has 0 N–H and O–H groups in total. The number of fused-ring (bicyclic) bond motifs is 3. The highest BCUT2D eigenvalue weighted by Crippen LogP contribution is 2.61. The number of aldehydes is 1. The Kier molecular flexibility index (Phi) is 15.0. The lowest BCUT2D eigenvalue weighted by molar-refractivity contribution is -0.104. The minimum absolute atomic E-state index is 0.417. The van der Waals surface area contributed by atoms with Crippen LogP contribution in [-0.4, -0.2) is 25.3 Å². The van der Waals surface area contributed by atoms with Gasteiger partial charge in [0.15, 0.2) is 0 Å².